The Morgan fingerprint density at radius 3 is 2.78 bits per heavy atom. The largest absolute Gasteiger partial charge is 0.317 e. The first-order valence-corrected chi connectivity index (χ1v) is 7.43. The molecule has 1 aliphatic carbocycles. The van der Waals surface area contributed by atoms with Crippen LogP contribution in [0.25, 0.3) is 0 Å². The maximum atomic E-state index is 4.60. The molecular weight excluding hydrogens is 220 g/mol. The molecule has 0 saturated heterocycles. The fourth-order valence-corrected chi connectivity index (χ4v) is 2.99. The van der Waals surface area contributed by atoms with Crippen molar-refractivity contribution in [2.24, 2.45) is 5.92 Å². The first-order valence-electron chi connectivity index (χ1n) is 7.43. The average molecular weight is 246 g/mol. The molecule has 0 radical (unpaired) electrons. The van der Waals surface area contributed by atoms with Crippen molar-refractivity contribution in [1.82, 2.24) is 10.3 Å². The molecule has 100 valence electrons. The van der Waals surface area contributed by atoms with Crippen molar-refractivity contribution >= 4 is 0 Å². The van der Waals surface area contributed by atoms with Gasteiger partial charge in [-0.2, -0.15) is 0 Å². The maximum Gasteiger partial charge on any atom is 0.0406 e. The van der Waals surface area contributed by atoms with E-state index in [1.165, 1.54) is 43.4 Å². The third-order valence-electron chi connectivity index (χ3n) is 4.23. The lowest BCUT2D eigenvalue weighted by Gasteiger charge is -2.19. The van der Waals surface area contributed by atoms with Gasteiger partial charge in [0, 0.05) is 17.9 Å². The fourth-order valence-electron chi connectivity index (χ4n) is 2.99. The summed E-state index contributed by atoms with van der Waals surface area (Å²) in [5, 5.41) is 3.46. The van der Waals surface area contributed by atoms with Crippen LogP contribution in [0.3, 0.4) is 0 Å². The normalized spacial score (nSPS) is 24.8. The summed E-state index contributed by atoms with van der Waals surface area (Å²) >= 11 is 0. The standard InChI is InChI=1S/C16H26N2/c1-3-13-8-9-16(18-12-13)11-14-6-4-5-7-15(10-14)17-2/h8-9,12,14-15,17H,3-7,10-11H2,1-2H3. The topological polar surface area (TPSA) is 24.9 Å². The molecule has 1 fully saturated rings. The quantitative estimate of drug-likeness (QED) is 0.824. The van der Waals surface area contributed by atoms with Gasteiger partial charge in [-0.1, -0.05) is 32.3 Å². The molecule has 1 aromatic heterocycles. The summed E-state index contributed by atoms with van der Waals surface area (Å²) < 4.78 is 0. The minimum atomic E-state index is 0.715. The third-order valence-corrected chi connectivity index (χ3v) is 4.23. The smallest absolute Gasteiger partial charge is 0.0406 e. The zero-order valence-electron chi connectivity index (χ0n) is 11.8. The first kappa shape index (κ1) is 13.5. The van der Waals surface area contributed by atoms with Crippen molar-refractivity contribution in [3.05, 3.63) is 29.6 Å². The summed E-state index contributed by atoms with van der Waals surface area (Å²) in [7, 11) is 2.10. The number of aryl methyl sites for hydroxylation is 1. The Hall–Kier alpha value is -0.890. The molecule has 2 atom stereocenters. The number of nitrogens with zero attached hydrogens (tertiary/aromatic N) is 1. The van der Waals surface area contributed by atoms with Crippen molar-refractivity contribution in [1.29, 1.82) is 0 Å². The van der Waals surface area contributed by atoms with Gasteiger partial charge >= 0.3 is 0 Å². The van der Waals surface area contributed by atoms with E-state index in [2.05, 4.69) is 36.4 Å². The Labute approximate surface area is 111 Å². The molecule has 2 nitrogen and oxygen atoms in total. The van der Waals surface area contributed by atoms with E-state index < -0.39 is 0 Å². The van der Waals surface area contributed by atoms with Crippen LogP contribution in [-0.4, -0.2) is 18.1 Å². The predicted molar refractivity (Wildman–Crippen MR) is 76.7 cm³/mol. The summed E-state index contributed by atoms with van der Waals surface area (Å²) in [6.45, 7) is 2.18. The lowest BCUT2D eigenvalue weighted by atomic mass is 9.93. The number of hydrogen-bond acceptors (Lipinski definition) is 2. The fraction of sp³-hybridized carbons (Fsp3) is 0.688. The highest BCUT2D eigenvalue weighted by atomic mass is 14.9. The van der Waals surface area contributed by atoms with Gasteiger partial charge in [0.1, 0.15) is 0 Å². The maximum absolute atomic E-state index is 4.60. The van der Waals surface area contributed by atoms with E-state index in [0.29, 0.717) is 6.04 Å². The molecule has 1 heterocycles. The molecule has 0 aromatic carbocycles. The third kappa shape index (κ3) is 3.81. The lowest BCUT2D eigenvalue weighted by Crippen LogP contribution is -2.26. The zero-order chi connectivity index (χ0) is 12.8. The summed E-state index contributed by atoms with van der Waals surface area (Å²) in [5.74, 6) is 0.810. The minimum Gasteiger partial charge on any atom is -0.317 e. The van der Waals surface area contributed by atoms with Crippen molar-refractivity contribution in [3.63, 3.8) is 0 Å². The molecule has 2 unspecified atom stereocenters. The molecule has 18 heavy (non-hydrogen) atoms. The molecule has 1 aromatic rings. The SMILES string of the molecule is CCc1ccc(CC2CCCCC(NC)C2)nc1. The predicted octanol–water partition coefficient (Wildman–Crippen LogP) is 3.35. The van der Waals surface area contributed by atoms with Gasteiger partial charge in [0.15, 0.2) is 0 Å². The summed E-state index contributed by atoms with van der Waals surface area (Å²) in [6.07, 6.45) is 11.1. The highest BCUT2D eigenvalue weighted by Crippen LogP contribution is 2.25. The molecule has 2 heteroatoms. The zero-order valence-corrected chi connectivity index (χ0v) is 11.8. The van der Waals surface area contributed by atoms with Gasteiger partial charge in [-0.05, 0) is 50.3 Å². The Bertz CT molecular complexity index is 345. The van der Waals surface area contributed by atoms with E-state index in [9.17, 15) is 0 Å². The highest BCUT2D eigenvalue weighted by Gasteiger charge is 2.19. The van der Waals surface area contributed by atoms with Gasteiger partial charge in [0.05, 0.1) is 0 Å². The summed E-state index contributed by atoms with van der Waals surface area (Å²) in [5.41, 5.74) is 2.61. The molecule has 0 aliphatic heterocycles. The molecule has 1 saturated carbocycles. The molecule has 0 spiro atoms. The van der Waals surface area contributed by atoms with Crippen LogP contribution in [0.1, 0.15) is 50.3 Å². The molecule has 2 rings (SSSR count). The van der Waals surface area contributed by atoms with Gasteiger partial charge in [-0.25, -0.2) is 0 Å². The number of pyridine rings is 1. The summed E-state index contributed by atoms with van der Waals surface area (Å²) in [6, 6.07) is 5.17. The van der Waals surface area contributed by atoms with E-state index in [-0.39, 0.29) is 0 Å². The molecule has 0 bridgehead atoms. The van der Waals surface area contributed by atoms with E-state index in [1.807, 2.05) is 6.20 Å². The number of rotatable bonds is 4. The molecular formula is C16H26N2. The molecule has 0 amide bonds. The van der Waals surface area contributed by atoms with Crippen molar-refractivity contribution < 1.29 is 0 Å². The van der Waals surface area contributed by atoms with Crippen LogP contribution < -0.4 is 5.32 Å². The van der Waals surface area contributed by atoms with Crippen molar-refractivity contribution in [2.75, 3.05) is 7.05 Å². The number of aromatic nitrogens is 1. The van der Waals surface area contributed by atoms with E-state index in [0.717, 1.165) is 18.8 Å². The second kappa shape index (κ2) is 6.89. The van der Waals surface area contributed by atoms with Gasteiger partial charge in [0.2, 0.25) is 0 Å². The van der Waals surface area contributed by atoms with Crippen LogP contribution in [0.5, 0.6) is 0 Å². The molecule has 1 aliphatic rings. The van der Waals surface area contributed by atoms with Gasteiger partial charge in [-0.3, -0.25) is 4.98 Å². The van der Waals surface area contributed by atoms with Crippen LogP contribution in [-0.2, 0) is 12.8 Å². The van der Waals surface area contributed by atoms with Gasteiger partial charge in [-0.15, -0.1) is 0 Å². The Morgan fingerprint density at radius 1 is 1.28 bits per heavy atom. The van der Waals surface area contributed by atoms with Crippen molar-refractivity contribution in [2.45, 2.75) is 57.9 Å². The van der Waals surface area contributed by atoms with Crippen molar-refractivity contribution in [3.8, 4) is 0 Å². The molecule has 1 N–H and O–H groups in total. The van der Waals surface area contributed by atoms with Crippen LogP contribution in [0.2, 0.25) is 0 Å². The Morgan fingerprint density at radius 2 is 2.11 bits per heavy atom. The van der Waals surface area contributed by atoms with E-state index >= 15 is 0 Å². The second-order valence-corrected chi connectivity index (χ2v) is 5.59. The van der Waals surface area contributed by atoms with Crippen LogP contribution in [0.4, 0.5) is 0 Å². The number of hydrogen-bond donors (Lipinski definition) is 1. The van der Waals surface area contributed by atoms with Crippen LogP contribution >= 0.6 is 0 Å². The first-order chi connectivity index (χ1) is 8.81. The van der Waals surface area contributed by atoms with E-state index in [1.54, 1.807) is 0 Å². The van der Waals surface area contributed by atoms with Gasteiger partial charge < -0.3 is 5.32 Å². The Balaban J connectivity index is 1.93. The average Bonchev–Trinajstić information content (AvgIpc) is 2.65. The van der Waals surface area contributed by atoms with Crippen LogP contribution in [0, 0.1) is 5.92 Å². The van der Waals surface area contributed by atoms with E-state index in [4.69, 9.17) is 0 Å². The monoisotopic (exact) mass is 246 g/mol. The minimum absolute atomic E-state index is 0.715. The lowest BCUT2D eigenvalue weighted by molar-refractivity contribution is 0.398. The Kier molecular flexibility index (Phi) is 5.18. The summed E-state index contributed by atoms with van der Waals surface area (Å²) in [4.78, 5) is 4.60. The highest BCUT2D eigenvalue weighted by molar-refractivity contribution is 5.14. The second-order valence-electron chi connectivity index (χ2n) is 5.59. The number of nitrogens with one attached hydrogen (secondary N) is 1. The van der Waals surface area contributed by atoms with Gasteiger partial charge in [0.25, 0.3) is 0 Å². The van der Waals surface area contributed by atoms with Crippen LogP contribution in [0.15, 0.2) is 18.3 Å².